The maximum atomic E-state index is 12.8. The van der Waals surface area contributed by atoms with E-state index < -0.39 is 0 Å². The van der Waals surface area contributed by atoms with E-state index in [1.807, 2.05) is 37.3 Å². The number of anilines is 1. The van der Waals surface area contributed by atoms with Gasteiger partial charge >= 0.3 is 0 Å². The summed E-state index contributed by atoms with van der Waals surface area (Å²) in [5.74, 6) is 0.562. The number of rotatable bonds is 4. The molecule has 7 nitrogen and oxygen atoms in total. The number of likely N-dealkylation sites (tertiary alicyclic amines) is 1. The number of nitrogens with one attached hydrogen (secondary N) is 2. The number of carbonyl (C=O) groups excluding carboxylic acids is 2. The molecule has 1 saturated heterocycles. The summed E-state index contributed by atoms with van der Waals surface area (Å²) in [6.45, 7) is 1.96. The van der Waals surface area contributed by atoms with Crippen LogP contribution in [0.2, 0.25) is 0 Å². The molecule has 24 heavy (non-hydrogen) atoms. The fourth-order valence-electron chi connectivity index (χ4n) is 3.13. The Morgan fingerprint density at radius 3 is 2.79 bits per heavy atom. The second-order valence-electron chi connectivity index (χ2n) is 5.95. The van der Waals surface area contributed by atoms with E-state index in [-0.39, 0.29) is 29.7 Å². The van der Waals surface area contributed by atoms with Gasteiger partial charge in [0, 0.05) is 19.9 Å². The molecule has 0 bridgehead atoms. The third kappa shape index (κ3) is 3.15. The van der Waals surface area contributed by atoms with Crippen LogP contribution < -0.4 is 5.32 Å². The van der Waals surface area contributed by atoms with Crippen molar-refractivity contribution in [3.8, 4) is 0 Å². The first-order chi connectivity index (χ1) is 11.6. The van der Waals surface area contributed by atoms with Crippen molar-refractivity contribution in [1.29, 1.82) is 0 Å². The molecule has 0 aliphatic carbocycles. The van der Waals surface area contributed by atoms with E-state index in [1.54, 1.807) is 11.9 Å². The molecule has 0 spiro atoms. The lowest BCUT2D eigenvalue weighted by Gasteiger charge is -2.38. The zero-order valence-corrected chi connectivity index (χ0v) is 13.8. The van der Waals surface area contributed by atoms with Crippen molar-refractivity contribution in [2.24, 2.45) is 5.92 Å². The van der Waals surface area contributed by atoms with Crippen LogP contribution in [0.4, 0.5) is 5.95 Å². The Morgan fingerprint density at radius 1 is 1.38 bits per heavy atom. The number of aromatic amines is 1. The first-order valence-corrected chi connectivity index (χ1v) is 8.13. The topological polar surface area (TPSA) is 91.0 Å². The predicted octanol–water partition coefficient (Wildman–Crippen LogP) is 1.92. The SMILES string of the molecule is CCc1nc(NC(=O)[C@H]2CCC(=O)N(C)[C@H]2c2ccccc2)n[nH]1. The lowest BCUT2D eigenvalue weighted by Crippen LogP contribution is -2.44. The highest BCUT2D eigenvalue weighted by molar-refractivity contribution is 5.93. The molecule has 126 valence electrons. The minimum absolute atomic E-state index is 0.0547. The average Bonchev–Trinajstić information content (AvgIpc) is 3.05. The van der Waals surface area contributed by atoms with Crippen molar-refractivity contribution >= 4 is 17.8 Å². The highest BCUT2D eigenvalue weighted by Gasteiger charge is 2.39. The molecule has 2 amide bonds. The molecule has 0 unspecified atom stereocenters. The molecule has 1 aromatic heterocycles. The highest BCUT2D eigenvalue weighted by atomic mass is 16.2. The fraction of sp³-hybridized carbons (Fsp3) is 0.412. The van der Waals surface area contributed by atoms with E-state index in [2.05, 4.69) is 20.5 Å². The van der Waals surface area contributed by atoms with E-state index >= 15 is 0 Å². The molecule has 2 atom stereocenters. The smallest absolute Gasteiger partial charge is 0.248 e. The van der Waals surface area contributed by atoms with Gasteiger partial charge in [-0.2, -0.15) is 4.98 Å². The van der Waals surface area contributed by atoms with E-state index in [9.17, 15) is 9.59 Å². The number of carbonyl (C=O) groups is 2. The van der Waals surface area contributed by atoms with E-state index in [0.717, 1.165) is 17.8 Å². The summed E-state index contributed by atoms with van der Waals surface area (Å²) in [6.07, 6.45) is 1.60. The Labute approximate surface area is 140 Å². The summed E-state index contributed by atoms with van der Waals surface area (Å²) in [4.78, 5) is 30.8. The summed E-state index contributed by atoms with van der Waals surface area (Å²) >= 11 is 0. The van der Waals surface area contributed by atoms with Crippen LogP contribution in [0.25, 0.3) is 0 Å². The lowest BCUT2D eigenvalue weighted by molar-refractivity contribution is -0.140. The molecule has 3 rings (SSSR count). The maximum Gasteiger partial charge on any atom is 0.248 e. The van der Waals surface area contributed by atoms with Gasteiger partial charge in [0.15, 0.2) is 0 Å². The van der Waals surface area contributed by atoms with Gasteiger partial charge in [0.2, 0.25) is 17.8 Å². The minimum atomic E-state index is -0.335. The second-order valence-corrected chi connectivity index (χ2v) is 5.95. The quantitative estimate of drug-likeness (QED) is 0.897. The molecule has 1 aliphatic heterocycles. The number of H-pyrrole nitrogens is 1. The van der Waals surface area contributed by atoms with Crippen molar-refractivity contribution < 1.29 is 9.59 Å². The number of aryl methyl sites for hydroxylation is 1. The van der Waals surface area contributed by atoms with Gasteiger partial charge in [0.1, 0.15) is 5.82 Å². The van der Waals surface area contributed by atoms with Gasteiger partial charge in [0.05, 0.1) is 12.0 Å². The molecule has 1 aliphatic rings. The molecule has 7 heteroatoms. The molecular formula is C17H21N5O2. The summed E-state index contributed by atoms with van der Waals surface area (Å²) in [5.41, 5.74) is 0.956. The number of benzene rings is 1. The standard InChI is InChI=1S/C17H21N5O2/c1-3-13-18-17(21-20-13)19-16(24)12-9-10-14(23)22(2)15(12)11-7-5-4-6-8-11/h4-8,12,15H,3,9-10H2,1-2H3,(H2,18,19,20,21,24)/t12-,15-/m0/s1. The monoisotopic (exact) mass is 327 g/mol. The van der Waals surface area contributed by atoms with E-state index in [4.69, 9.17) is 0 Å². The van der Waals surface area contributed by atoms with Crippen molar-refractivity contribution in [3.05, 3.63) is 41.7 Å². The van der Waals surface area contributed by atoms with Gasteiger partial charge in [-0.1, -0.05) is 37.3 Å². The first kappa shape index (κ1) is 16.2. The van der Waals surface area contributed by atoms with Crippen LogP contribution in [-0.2, 0) is 16.0 Å². The molecule has 0 saturated carbocycles. The zero-order chi connectivity index (χ0) is 17.1. The largest absolute Gasteiger partial charge is 0.338 e. The predicted molar refractivity (Wildman–Crippen MR) is 89.1 cm³/mol. The summed E-state index contributed by atoms with van der Waals surface area (Å²) in [5, 5.41) is 9.56. The van der Waals surface area contributed by atoms with Gasteiger partial charge < -0.3 is 4.90 Å². The lowest BCUT2D eigenvalue weighted by atomic mass is 9.84. The molecule has 2 aromatic rings. The summed E-state index contributed by atoms with van der Waals surface area (Å²) in [6, 6.07) is 9.37. The van der Waals surface area contributed by atoms with Gasteiger partial charge in [-0.3, -0.25) is 20.0 Å². The van der Waals surface area contributed by atoms with Crippen LogP contribution in [0.15, 0.2) is 30.3 Å². The number of amides is 2. The Kier molecular flexibility index (Phi) is 4.59. The van der Waals surface area contributed by atoms with Crippen LogP contribution in [0.5, 0.6) is 0 Å². The van der Waals surface area contributed by atoms with Crippen LogP contribution in [0, 0.1) is 5.92 Å². The Hall–Kier alpha value is -2.70. The van der Waals surface area contributed by atoms with Crippen molar-refractivity contribution in [2.45, 2.75) is 32.2 Å². The maximum absolute atomic E-state index is 12.8. The molecular weight excluding hydrogens is 306 g/mol. The highest BCUT2D eigenvalue weighted by Crippen LogP contribution is 2.36. The molecule has 1 fully saturated rings. The van der Waals surface area contributed by atoms with Crippen LogP contribution in [0.1, 0.15) is 37.2 Å². The van der Waals surface area contributed by atoms with Crippen LogP contribution in [-0.4, -0.2) is 38.9 Å². The number of aromatic nitrogens is 3. The molecule has 2 N–H and O–H groups in total. The van der Waals surface area contributed by atoms with E-state index in [1.165, 1.54) is 0 Å². The molecule has 1 aromatic carbocycles. The summed E-state index contributed by atoms with van der Waals surface area (Å²) < 4.78 is 0. The fourth-order valence-corrected chi connectivity index (χ4v) is 3.13. The van der Waals surface area contributed by atoms with E-state index in [0.29, 0.717) is 12.8 Å². The van der Waals surface area contributed by atoms with Crippen molar-refractivity contribution in [3.63, 3.8) is 0 Å². The number of nitrogens with zero attached hydrogens (tertiary/aromatic N) is 3. The van der Waals surface area contributed by atoms with Crippen molar-refractivity contribution in [2.75, 3.05) is 12.4 Å². The molecule has 0 radical (unpaired) electrons. The number of hydrogen-bond acceptors (Lipinski definition) is 4. The first-order valence-electron chi connectivity index (χ1n) is 8.13. The Bertz CT molecular complexity index is 728. The Morgan fingerprint density at radius 2 is 2.12 bits per heavy atom. The number of hydrogen-bond donors (Lipinski definition) is 2. The van der Waals surface area contributed by atoms with Gasteiger partial charge in [-0.05, 0) is 12.0 Å². The van der Waals surface area contributed by atoms with Gasteiger partial charge in [-0.25, -0.2) is 0 Å². The van der Waals surface area contributed by atoms with Crippen LogP contribution in [0.3, 0.4) is 0 Å². The van der Waals surface area contributed by atoms with Crippen LogP contribution >= 0.6 is 0 Å². The van der Waals surface area contributed by atoms with Crippen molar-refractivity contribution in [1.82, 2.24) is 20.1 Å². The summed E-state index contributed by atoms with van der Waals surface area (Å²) in [7, 11) is 1.75. The second kappa shape index (κ2) is 6.82. The zero-order valence-electron chi connectivity index (χ0n) is 13.8. The number of piperidine rings is 1. The third-order valence-corrected chi connectivity index (χ3v) is 4.44. The minimum Gasteiger partial charge on any atom is -0.338 e. The molecule has 2 heterocycles. The average molecular weight is 327 g/mol. The third-order valence-electron chi connectivity index (χ3n) is 4.44. The Balaban J connectivity index is 1.83. The van der Waals surface area contributed by atoms with Gasteiger partial charge in [-0.15, -0.1) is 5.10 Å². The normalized spacial score (nSPS) is 20.9. The van der Waals surface area contributed by atoms with Gasteiger partial charge in [0.25, 0.3) is 0 Å².